The molecule has 0 heterocycles. The molecule has 1 amide bonds. The Labute approximate surface area is 178 Å². The van der Waals surface area contributed by atoms with Crippen LogP contribution in [0.1, 0.15) is 49.3 Å². The number of nitrogens with one attached hydrogen (secondary N) is 1. The number of hydrogen-bond acceptors (Lipinski definition) is 4. The minimum Gasteiger partial charge on any atom is -0.490 e. The van der Waals surface area contributed by atoms with Crippen LogP contribution in [0.25, 0.3) is 6.08 Å². The van der Waals surface area contributed by atoms with Crippen molar-refractivity contribution < 1.29 is 14.3 Å². The fraction of sp³-hybridized carbons (Fsp3) is 0.360. The Morgan fingerprint density at radius 1 is 1.13 bits per heavy atom. The summed E-state index contributed by atoms with van der Waals surface area (Å²) in [4.78, 5) is 12.4. The van der Waals surface area contributed by atoms with Gasteiger partial charge in [0.1, 0.15) is 18.2 Å². The van der Waals surface area contributed by atoms with E-state index in [1.54, 1.807) is 12.1 Å². The number of aryl methyl sites for hydroxylation is 1. The van der Waals surface area contributed by atoms with E-state index in [1.807, 2.05) is 44.2 Å². The topological polar surface area (TPSA) is 71.3 Å². The molecule has 0 radical (unpaired) electrons. The molecule has 5 heteroatoms. The van der Waals surface area contributed by atoms with Crippen molar-refractivity contribution in [3.8, 4) is 17.6 Å². The molecule has 1 aliphatic rings. The van der Waals surface area contributed by atoms with E-state index in [0.717, 1.165) is 36.8 Å². The van der Waals surface area contributed by atoms with Crippen molar-refractivity contribution in [3.05, 3.63) is 64.7 Å². The Hall–Kier alpha value is -3.26. The summed E-state index contributed by atoms with van der Waals surface area (Å²) in [5, 5.41) is 12.4. The van der Waals surface area contributed by atoms with Crippen molar-refractivity contribution in [2.45, 2.75) is 52.2 Å². The molecule has 0 spiro atoms. The first-order valence-corrected chi connectivity index (χ1v) is 10.5. The zero-order valence-corrected chi connectivity index (χ0v) is 17.6. The van der Waals surface area contributed by atoms with E-state index < -0.39 is 0 Å². The van der Waals surface area contributed by atoms with Crippen molar-refractivity contribution in [2.24, 2.45) is 0 Å². The van der Waals surface area contributed by atoms with Crippen molar-refractivity contribution >= 4 is 12.0 Å². The van der Waals surface area contributed by atoms with Gasteiger partial charge in [-0.25, -0.2) is 0 Å². The number of nitrogens with zero attached hydrogens (tertiary/aromatic N) is 1. The minimum absolute atomic E-state index is 0.0951. The SMILES string of the molecule is CCOc1cc(/C=C(/C#N)C(=O)NC2CCCC2)ccc1OCc1ccc(C)cc1. The van der Waals surface area contributed by atoms with Crippen molar-refractivity contribution in [1.82, 2.24) is 5.32 Å². The lowest BCUT2D eigenvalue weighted by Gasteiger charge is -2.13. The highest BCUT2D eigenvalue weighted by Crippen LogP contribution is 2.30. The third-order valence-corrected chi connectivity index (χ3v) is 5.15. The second kappa shape index (κ2) is 10.5. The summed E-state index contributed by atoms with van der Waals surface area (Å²) in [5.74, 6) is 0.900. The highest BCUT2D eigenvalue weighted by molar-refractivity contribution is 6.01. The fourth-order valence-electron chi connectivity index (χ4n) is 3.50. The second-order valence-corrected chi connectivity index (χ2v) is 7.54. The van der Waals surface area contributed by atoms with E-state index in [9.17, 15) is 10.1 Å². The molecule has 156 valence electrons. The Bertz CT molecular complexity index is 936. The lowest BCUT2D eigenvalue weighted by Crippen LogP contribution is -2.33. The number of carbonyl (C=O) groups excluding carboxylic acids is 1. The van der Waals surface area contributed by atoms with E-state index in [0.29, 0.717) is 24.7 Å². The molecule has 0 bridgehead atoms. The average molecular weight is 405 g/mol. The molecule has 5 nitrogen and oxygen atoms in total. The van der Waals surface area contributed by atoms with Gasteiger partial charge in [-0.2, -0.15) is 5.26 Å². The zero-order valence-electron chi connectivity index (χ0n) is 17.6. The van der Waals surface area contributed by atoms with Crippen LogP contribution in [0.15, 0.2) is 48.0 Å². The van der Waals surface area contributed by atoms with Crippen molar-refractivity contribution in [2.75, 3.05) is 6.61 Å². The van der Waals surface area contributed by atoms with E-state index in [4.69, 9.17) is 9.47 Å². The monoisotopic (exact) mass is 404 g/mol. The average Bonchev–Trinajstić information content (AvgIpc) is 3.25. The number of carbonyl (C=O) groups is 1. The number of ether oxygens (including phenoxy) is 2. The molecule has 3 rings (SSSR count). The van der Waals surface area contributed by atoms with Crippen LogP contribution in [-0.2, 0) is 11.4 Å². The normalized spacial score (nSPS) is 14.2. The summed E-state index contributed by atoms with van der Waals surface area (Å²) in [6, 6.07) is 15.8. The molecule has 0 saturated heterocycles. The van der Waals surface area contributed by atoms with Gasteiger partial charge in [0.15, 0.2) is 11.5 Å². The van der Waals surface area contributed by atoms with Gasteiger partial charge in [0.25, 0.3) is 5.91 Å². The maximum atomic E-state index is 12.4. The molecule has 0 atom stereocenters. The van der Waals surface area contributed by atoms with E-state index >= 15 is 0 Å². The van der Waals surface area contributed by atoms with Crippen LogP contribution < -0.4 is 14.8 Å². The summed E-state index contributed by atoms with van der Waals surface area (Å²) in [6.45, 7) is 4.87. The summed E-state index contributed by atoms with van der Waals surface area (Å²) >= 11 is 0. The van der Waals surface area contributed by atoms with Gasteiger partial charge in [0.05, 0.1) is 6.61 Å². The molecule has 30 heavy (non-hydrogen) atoms. The molecule has 0 aromatic heterocycles. The number of amides is 1. The van der Waals surface area contributed by atoms with Gasteiger partial charge in [-0.1, -0.05) is 48.7 Å². The lowest BCUT2D eigenvalue weighted by atomic mass is 10.1. The van der Waals surface area contributed by atoms with Gasteiger partial charge in [-0.05, 0) is 56.0 Å². The summed E-state index contributed by atoms with van der Waals surface area (Å²) < 4.78 is 11.7. The molecular formula is C25H28N2O3. The predicted molar refractivity (Wildman–Crippen MR) is 117 cm³/mol. The van der Waals surface area contributed by atoms with Crippen LogP contribution >= 0.6 is 0 Å². The number of rotatable bonds is 8. The van der Waals surface area contributed by atoms with Crippen LogP contribution in [0.5, 0.6) is 11.5 Å². The molecule has 2 aromatic rings. The Morgan fingerprint density at radius 3 is 2.53 bits per heavy atom. The van der Waals surface area contributed by atoms with Crippen LogP contribution in [0.4, 0.5) is 0 Å². The summed E-state index contributed by atoms with van der Waals surface area (Å²) in [5.41, 5.74) is 3.09. The van der Waals surface area contributed by atoms with Crippen LogP contribution in [0, 0.1) is 18.3 Å². The minimum atomic E-state index is -0.318. The fourth-order valence-corrected chi connectivity index (χ4v) is 3.50. The van der Waals surface area contributed by atoms with Gasteiger partial charge in [-0.3, -0.25) is 4.79 Å². The molecule has 0 aliphatic heterocycles. The molecule has 1 fully saturated rings. The quantitative estimate of drug-likeness (QED) is 0.500. The standard InChI is InChI=1S/C25H28N2O3/c1-3-29-24-15-20(14-21(16-26)25(28)27-22-6-4-5-7-22)12-13-23(24)30-17-19-10-8-18(2)9-11-19/h8-15,22H,3-7,17H2,1-2H3,(H,27,28)/b21-14-. The first kappa shape index (κ1) is 21.4. The van der Waals surface area contributed by atoms with Gasteiger partial charge < -0.3 is 14.8 Å². The molecule has 1 aliphatic carbocycles. The molecular weight excluding hydrogens is 376 g/mol. The lowest BCUT2D eigenvalue weighted by molar-refractivity contribution is -0.117. The third kappa shape index (κ3) is 5.87. The smallest absolute Gasteiger partial charge is 0.262 e. The van der Waals surface area contributed by atoms with Crippen molar-refractivity contribution in [3.63, 3.8) is 0 Å². The highest BCUT2D eigenvalue weighted by Gasteiger charge is 2.19. The number of hydrogen-bond donors (Lipinski definition) is 1. The highest BCUT2D eigenvalue weighted by atomic mass is 16.5. The number of nitriles is 1. The third-order valence-electron chi connectivity index (χ3n) is 5.15. The predicted octanol–water partition coefficient (Wildman–Crippen LogP) is 4.94. The van der Waals surface area contributed by atoms with E-state index in [2.05, 4.69) is 17.4 Å². The van der Waals surface area contributed by atoms with Gasteiger partial charge in [-0.15, -0.1) is 0 Å². The molecule has 2 aromatic carbocycles. The summed E-state index contributed by atoms with van der Waals surface area (Å²) in [6.07, 6.45) is 5.80. The Balaban J connectivity index is 1.73. The molecule has 1 N–H and O–H groups in total. The maximum Gasteiger partial charge on any atom is 0.262 e. The van der Waals surface area contributed by atoms with Gasteiger partial charge >= 0.3 is 0 Å². The Kier molecular flexibility index (Phi) is 7.51. The second-order valence-electron chi connectivity index (χ2n) is 7.54. The Morgan fingerprint density at radius 2 is 1.87 bits per heavy atom. The molecule has 1 saturated carbocycles. The first-order chi connectivity index (χ1) is 14.6. The van der Waals surface area contributed by atoms with Gasteiger partial charge in [0, 0.05) is 6.04 Å². The zero-order chi connectivity index (χ0) is 21.3. The number of benzene rings is 2. The van der Waals surface area contributed by atoms with Crippen molar-refractivity contribution in [1.29, 1.82) is 5.26 Å². The van der Waals surface area contributed by atoms with E-state index in [-0.39, 0.29) is 17.5 Å². The first-order valence-electron chi connectivity index (χ1n) is 10.5. The maximum absolute atomic E-state index is 12.4. The van der Waals surface area contributed by atoms with E-state index in [1.165, 1.54) is 5.56 Å². The van der Waals surface area contributed by atoms with Crippen LogP contribution in [-0.4, -0.2) is 18.6 Å². The van der Waals surface area contributed by atoms with Gasteiger partial charge in [0.2, 0.25) is 0 Å². The van der Waals surface area contributed by atoms with Crippen LogP contribution in [0.3, 0.4) is 0 Å². The van der Waals surface area contributed by atoms with Crippen LogP contribution in [0.2, 0.25) is 0 Å². The largest absolute Gasteiger partial charge is 0.490 e. The summed E-state index contributed by atoms with van der Waals surface area (Å²) in [7, 11) is 0. The molecule has 0 unspecified atom stereocenters.